The van der Waals surface area contributed by atoms with Crippen LogP contribution in [0.2, 0.25) is 0 Å². The summed E-state index contributed by atoms with van der Waals surface area (Å²) in [6, 6.07) is 0.448. The largest absolute Gasteiger partial charge is 0.375 e. The average Bonchev–Trinajstić information content (AvgIpc) is 2.41. The van der Waals surface area contributed by atoms with E-state index in [1.165, 1.54) is 0 Å². The minimum absolute atomic E-state index is 0.00788. The lowest BCUT2D eigenvalue weighted by atomic mass is 9.97. The first-order valence-corrected chi connectivity index (χ1v) is 7.36. The molecule has 1 unspecified atom stereocenters. The van der Waals surface area contributed by atoms with Crippen molar-refractivity contribution in [3.05, 3.63) is 0 Å². The van der Waals surface area contributed by atoms with Crippen molar-refractivity contribution >= 4 is 5.91 Å². The molecule has 1 rings (SSSR count). The number of piperidine rings is 1. The van der Waals surface area contributed by atoms with Crippen LogP contribution in [0.3, 0.4) is 0 Å². The van der Waals surface area contributed by atoms with E-state index in [0.29, 0.717) is 12.0 Å². The van der Waals surface area contributed by atoms with Gasteiger partial charge in [0.15, 0.2) is 0 Å². The smallest absolute Gasteiger partial charge is 0.261 e. The summed E-state index contributed by atoms with van der Waals surface area (Å²) >= 11 is 0. The Bertz CT molecular complexity index is 288. The molecule has 1 aliphatic rings. The van der Waals surface area contributed by atoms with Gasteiger partial charge >= 0.3 is 0 Å². The van der Waals surface area contributed by atoms with Gasteiger partial charge in [-0.15, -0.1) is 0 Å². The molecule has 0 aromatic rings. The van der Waals surface area contributed by atoms with E-state index in [1.807, 2.05) is 4.90 Å². The molecule has 0 saturated carbocycles. The summed E-state index contributed by atoms with van der Waals surface area (Å²) in [5, 5.41) is 3.39. The number of alkyl halides is 2. The molecule has 1 fully saturated rings. The zero-order valence-electron chi connectivity index (χ0n) is 12.4. The molecule has 4 nitrogen and oxygen atoms in total. The van der Waals surface area contributed by atoms with E-state index in [1.54, 1.807) is 0 Å². The zero-order valence-corrected chi connectivity index (χ0v) is 12.4. The Labute approximate surface area is 119 Å². The van der Waals surface area contributed by atoms with Gasteiger partial charge in [-0.05, 0) is 25.3 Å². The third-order valence-corrected chi connectivity index (χ3v) is 3.39. The second-order valence-corrected chi connectivity index (χ2v) is 5.63. The maximum atomic E-state index is 12.0. The lowest BCUT2D eigenvalue weighted by molar-refractivity contribution is -0.134. The van der Waals surface area contributed by atoms with Crippen molar-refractivity contribution in [3.63, 3.8) is 0 Å². The normalized spacial score (nSPS) is 19.9. The molecule has 0 aromatic carbocycles. The number of carbonyl (C=O) groups excluding carboxylic acids is 1. The Morgan fingerprint density at radius 2 is 2.20 bits per heavy atom. The second-order valence-electron chi connectivity index (χ2n) is 5.63. The molecule has 0 spiro atoms. The third-order valence-electron chi connectivity index (χ3n) is 3.39. The molecule has 0 aliphatic carbocycles. The number of nitrogens with zero attached hydrogens (tertiary/aromatic N) is 1. The van der Waals surface area contributed by atoms with Gasteiger partial charge in [-0.1, -0.05) is 13.8 Å². The van der Waals surface area contributed by atoms with E-state index in [9.17, 15) is 13.6 Å². The van der Waals surface area contributed by atoms with Gasteiger partial charge in [-0.3, -0.25) is 4.79 Å². The number of nitrogens with one attached hydrogen (secondary N) is 1. The van der Waals surface area contributed by atoms with E-state index < -0.39 is 13.0 Å². The summed E-state index contributed by atoms with van der Waals surface area (Å²) in [7, 11) is 0. The first kappa shape index (κ1) is 17.3. The summed E-state index contributed by atoms with van der Waals surface area (Å²) in [5.74, 6) is 0.491. The van der Waals surface area contributed by atoms with Crippen molar-refractivity contribution in [2.75, 3.05) is 32.8 Å². The highest BCUT2D eigenvalue weighted by molar-refractivity contribution is 5.76. The Balaban J connectivity index is 2.22. The molecule has 1 aliphatic heterocycles. The van der Waals surface area contributed by atoms with Gasteiger partial charge < -0.3 is 15.0 Å². The topological polar surface area (TPSA) is 41.6 Å². The monoisotopic (exact) mass is 292 g/mol. The molecule has 1 N–H and O–H groups in total. The van der Waals surface area contributed by atoms with Crippen LogP contribution in [0.25, 0.3) is 0 Å². The fourth-order valence-electron chi connectivity index (χ4n) is 2.35. The van der Waals surface area contributed by atoms with Gasteiger partial charge in [0.25, 0.3) is 6.43 Å². The quantitative estimate of drug-likeness (QED) is 0.695. The molecule has 1 atom stereocenters. The summed E-state index contributed by atoms with van der Waals surface area (Å²) in [6.45, 7) is 6.14. The fourth-order valence-corrected chi connectivity index (χ4v) is 2.35. The fraction of sp³-hybridized carbons (Fsp3) is 0.929. The molecular weight excluding hydrogens is 266 g/mol. The predicted molar refractivity (Wildman–Crippen MR) is 73.9 cm³/mol. The Morgan fingerprint density at radius 3 is 2.85 bits per heavy atom. The van der Waals surface area contributed by atoms with E-state index in [0.717, 1.165) is 32.5 Å². The number of halogens is 2. The highest BCUT2D eigenvalue weighted by Gasteiger charge is 2.23. The van der Waals surface area contributed by atoms with Crippen LogP contribution >= 0.6 is 0 Å². The molecule has 0 bridgehead atoms. The minimum Gasteiger partial charge on any atom is -0.375 e. The number of ether oxygens (including phenoxy) is 1. The molecular formula is C14H26F2N2O2. The second kappa shape index (κ2) is 9.23. The average molecular weight is 292 g/mol. The van der Waals surface area contributed by atoms with Gasteiger partial charge in [0, 0.05) is 19.1 Å². The maximum Gasteiger partial charge on any atom is 0.261 e. The number of hydrogen-bond acceptors (Lipinski definition) is 3. The van der Waals surface area contributed by atoms with E-state index in [2.05, 4.69) is 19.2 Å². The summed E-state index contributed by atoms with van der Waals surface area (Å²) in [4.78, 5) is 13.8. The van der Waals surface area contributed by atoms with Crippen LogP contribution in [-0.4, -0.2) is 56.1 Å². The Hall–Kier alpha value is -0.750. The van der Waals surface area contributed by atoms with Crippen LogP contribution in [0, 0.1) is 5.92 Å². The van der Waals surface area contributed by atoms with Crippen molar-refractivity contribution < 1.29 is 18.3 Å². The molecule has 118 valence electrons. The van der Waals surface area contributed by atoms with Crippen LogP contribution in [0.4, 0.5) is 8.78 Å². The maximum absolute atomic E-state index is 12.0. The molecule has 1 heterocycles. The predicted octanol–water partition coefficient (Wildman–Crippen LogP) is 1.89. The minimum atomic E-state index is -2.47. The summed E-state index contributed by atoms with van der Waals surface area (Å²) < 4.78 is 28.5. The molecule has 0 radical (unpaired) electrons. The number of hydrogen-bond donors (Lipinski definition) is 1. The number of rotatable bonds is 8. The molecule has 0 aromatic heterocycles. The number of amides is 1. The van der Waals surface area contributed by atoms with E-state index in [-0.39, 0.29) is 18.9 Å². The van der Waals surface area contributed by atoms with Crippen LogP contribution in [0.15, 0.2) is 0 Å². The summed E-state index contributed by atoms with van der Waals surface area (Å²) in [5.41, 5.74) is 0. The van der Waals surface area contributed by atoms with Gasteiger partial charge in [0.2, 0.25) is 5.91 Å². The van der Waals surface area contributed by atoms with Gasteiger partial charge in [-0.2, -0.15) is 0 Å². The highest BCUT2D eigenvalue weighted by atomic mass is 19.3. The van der Waals surface area contributed by atoms with Crippen molar-refractivity contribution in [2.45, 2.75) is 45.6 Å². The van der Waals surface area contributed by atoms with Crippen molar-refractivity contribution in [1.82, 2.24) is 10.2 Å². The van der Waals surface area contributed by atoms with Crippen LogP contribution in [0.5, 0.6) is 0 Å². The zero-order chi connectivity index (χ0) is 15.0. The molecule has 1 saturated heterocycles. The van der Waals surface area contributed by atoms with E-state index >= 15 is 0 Å². The number of carbonyl (C=O) groups is 1. The van der Waals surface area contributed by atoms with Gasteiger partial charge in [0.05, 0.1) is 13.0 Å². The van der Waals surface area contributed by atoms with E-state index in [4.69, 9.17) is 4.74 Å². The molecule has 1 amide bonds. The third kappa shape index (κ3) is 7.14. The van der Waals surface area contributed by atoms with Gasteiger partial charge in [-0.25, -0.2) is 8.78 Å². The lowest BCUT2D eigenvalue weighted by Gasteiger charge is -2.33. The van der Waals surface area contributed by atoms with Crippen molar-refractivity contribution in [2.24, 2.45) is 5.92 Å². The molecule has 6 heteroatoms. The van der Waals surface area contributed by atoms with Crippen molar-refractivity contribution in [3.8, 4) is 0 Å². The first-order valence-electron chi connectivity index (χ1n) is 7.36. The Kier molecular flexibility index (Phi) is 7.99. The van der Waals surface area contributed by atoms with Gasteiger partial charge in [0.1, 0.15) is 6.61 Å². The summed E-state index contributed by atoms with van der Waals surface area (Å²) in [6.07, 6.45) is -0.136. The molecule has 20 heavy (non-hydrogen) atoms. The van der Waals surface area contributed by atoms with Crippen LogP contribution < -0.4 is 5.32 Å². The first-order chi connectivity index (χ1) is 9.49. The van der Waals surface area contributed by atoms with Crippen LogP contribution in [0.1, 0.15) is 33.1 Å². The lowest BCUT2D eigenvalue weighted by Crippen LogP contribution is -2.44. The highest BCUT2D eigenvalue weighted by Crippen LogP contribution is 2.16. The SMILES string of the molecule is CC(C)NCC1CCCN(C(=O)CCOCC(F)F)C1. The standard InChI is InChI=1S/C14H26F2N2O2/c1-11(2)17-8-12-4-3-6-18(9-12)14(19)5-7-20-10-13(15)16/h11-13,17H,3-10H2,1-2H3. The number of likely N-dealkylation sites (tertiary alicyclic amines) is 1. The Morgan fingerprint density at radius 1 is 1.45 bits per heavy atom. The van der Waals surface area contributed by atoms with Crippen molar-refractivity contribution in [1.29, 1.82) is 0 Å². The van der Waals surface area contributed by atoms with Crippen LogP contribution in [-0.2, 0) is 9.53 Å².